The third kappa shape index (κ3) is 7.98. The van der Waals surface area contributed by atoms with Crippen molar-refractivity contribution in [3.63, 3.8) is 0 Å². The summed E-state index contributed by atoms with van der Waals surface area (Å²) in [4.78, 5) is 7.94. The lowest BCUT2D eigenvalue weighted by Crippen LogP contribution is -1.99. The van der Waals surface area contributed by atoms with Crippen molar-refractivity contribution < 1.29 is 14.8 Å². The summed E-state index contributed by atoms with van der Waals surface area (Å²) in [5.74, 6) is 1.04. The highest BCUT2D eigenvalue weighted by molar-refractivity contribution is 4.59. The molecule has 3 heteroatoms. The predicted molar refractivity (Wildman–Crippen MR) is 47.4 cm³/mol. The quantitative estimate of drug-likeness (QED) is 0.478. The van der Waals surface area contributed by atoms with Crippen LogP contribution in [0.3, 0.4) is 0 Å². The summed E-state index contributed by atoms with van der Waals surface area (Å²) in [5.41, 5.74) is 0. The Bertz CT molecular complexity index is 77.8. The largest absolute Gasteiger partial charge is 0.210 e. The van der Waals surface area contributed by atoms with Crippen LogP contribution < -0.4 is 0 Å². The predicted octanol–water partition coefficient (Wildman–Crippen LogP) is 2.71. The van der Waals surface area contributed by atoms with E-state index in [0.29, 0.717) is 0 Å². The zero-order valence-electron chi connectivity index (χ0n) is 8.34. The van der Waals surface area contributed by atoms with E-state index in [0.717, 1.165) is 5.92 Å². The highest BCUT2D eigenvalue weighted by Gasteiger charge is 2.05. The van der Waals surface area contributed by atoms with E-state index in [-0.39, 0.29) is 0 Å². The van der Waals surface area contributed by atoms with Gasteiger partial charge in [-0.15, -0.1) is 0 Å². The minimum absolute atomic E-state index is 1.04. The van der Waals surface area contributed by atoms with E-state index in [1.807, 2.05) is 0 Å². The summed E-state index contributed by atoms with van der Waals surface area (Å²) < 4.78 is 0. The van der Waals surface area contributed by atoms with Crippen molar-refractivity contribution in [2.75, 3.05) is 14.2 Å². The van der Waals surface area contributed by atoms with Crippen LogP contribution in [-0.4, -0.2) is 14.2 Å². The maximum atomic E-state index is 3.97. The van der Waals surface area contributed by atoms with Gasteiger partial charge >= 0.3 is 0 Å². The molecule has 74 valence electrons. The van der Waals surface area contributed by atoms with Gasteiger partial charge in [0.2, 0.25) is 0 Å². The minimum atomic E-state index is 1.04. The molecule has 0 aromatic rings. The normalized spacial score (nSPS) is 18.2. The first-order valence-corrected chi connectivity index (χ1v) is 4.54. The van der Waals surface area contributed by atoms with Crippen LogP contribution in [0.15, 0.2) is 0 Å². The van der Waals surface area contributed by atoms with Gasteiger partial charge in [0.1, 0.15) is 0 Å². The second kappa shape index (κ2) is 8.97. The Labute approximate surface area is 74.9 Å². The van der Waals surface area contributed by atoms with Gasteiger partial charge in [-0.05, 0) is 5.92 Å². The van der Waals surface area contributed by atoms with E-state index >= 15 is 0 Å². The molecule has 0 N–H and O–H groups in total. The van der Waals surface area contributed by atoms with Gasteiger partial charge in [0, 0.05) is 0 Å². The first-order chi connectivity index (χ1) is 5.81. The minimum Gasteiger partial charge on any atom is -0.210 e. The fourth-order valence-corrected chi connectivity index (χ4v) is 1.37. The molecule has 0 unspecified atom stereocenters. The van der Waals surface area contributed by atoms with Crippen LogP contribution in [0.4, 0.5) is 0 Å². The Morgan fingerprint density at radius 2 is 1.42 bits per heavy atom. The molecule has 0 aromatic carbocycles. The molecule has 1 fully saturated rings. The molecule has 1 aliphatic rings. The van der Waals surface area contributed by atoms with Gasteiger partial charge in [-0.1, -0.05) is 44.1 Å². The van der Waals surface area contributed by atoms with Crippen molar-refractivity contribution in [2.45, 2.75) is 39.0 Å². The van der Waals surface area contributed by atoms with Crippen LogP contribution >= 0.6 is 0 Å². The van der Waals surface area contributed by atoms with Gasteiger partial charge in [0.05, 0.1) is 14.2 Å². The van der Waals surface area contributed by atoms with Gasteiger partial charge in [0.15, 0.2) is 0 Å². The number of rotatable bonds is 2. The molecule has 0 atom stereocenters. The van der Waals surface area contributed by atoms with E-state index in [9.17, 15) is 0 Å². The average molecular weight is 176 g/mol. The molecule has 0 heterocycles. The molecule has 0 radical (unpaired) electrons. The Morgan fingerprint density at radius 1 is 0.917 bits per heavy atom. The van der Waals surface area contributed by atoms with Crippen molar-refractivity contribution in [1.29, 1.82) is 0 Å². The van der Waals surface area contributed by atoms with Crippen molar-refractivity contribution in [1.82, 2.24) is 0 Å². The fourth-order valence-electron chi connectivity index (χ4n) is 1.37. The lowest BCUT2D eigenvalue weighted by molar-refractivity contribution is -0.491. The van der Waals surface area contributed by atoms with Crippen molar-refractivity contribution in [3.05, 3.63) is 0 Å². The molecule has 0 bridgehead atoms. The zero-order valence-corrected chi connectivity index (χ0v) is 8.34. The summed E-state index contributed by atoms with van der Waals surface area (Å²) in [6.45, 7) is 2.36. The highest BCUT2D eigenvalue weighted by Crippen LogP contribution is 2.21. The van der Waals surface area contributed by atoms with Crippen LogP contribution in [0.25, 0.3) is 0 Å². The van der Waals surface area contributed by atoms with Crippen LogP contribution in [0.1, 0.15) is 39.0 Å². The van der Waals surface area contributed by atoms with Crippen LogP contribution in [0.5, 0.6) is 0 Å². The maximum Gasteiger partial charge on any atom is 0.0744 e. The van der Waals surface area contributed by atoms with Crippen LogP contribution in [0.2, 0.25) is 0 Å². The van der Waals surface area contributed by atoms with Crippen molar-refractivity contribution in [3.8, 4) is 0 Å². The Kier molecular flexibility index (Phi) is 8.88. The molecule has 1 saturated carbocycles. The molecule has 12 heavy (non-hydrogen) atoms. The second-order valence-corrected chi connectivity index (χ2v) is 3.14. The lowest BCUT2D eigenvalue weighted by atomic mass is 9.91. The number of hydrogen-bond acceptors (Lipinski definition) is 3. The first kappa shape index (κ1) is 11.9. The summed E-state index contributed by atoms with van der Waals surface area (Å²) in [5, 5.41) is 3.83. The van der Waals surface area contributed by atoms with E-state index in [1.165, 1.54) is 46.3 Å². The smallest absolute Gasteiger partial charge is 0.0744 e. The molecule has 3 nitrogen and oxygen atoms in total. The molecule has 0 amide bonds. The summed E-state index contributed by atoms with van der Waals surface area (Å²) in [6.07, 6.45) is 7.44. The van der Waals surface area contributed by atoms with Crippen LogP contribution in [0, 0.1) is 5.92 Å². The third-order valence-electron chi connectivity index (χ3n) is 2.03. The molecular weight excluding hydrogens is 156 g/mol. The summed E-state index contributed by atoms with van der Waals surface area (Å²) >= 11 is 0. The third-order valence-corrected chi connectivity index (χ3v) is 2.03. The molecular formula is C9H20O3. The van der Waals surface area contributed by atoms with Gasteiger partial charge in [-0.25, -0.2) is 9.78 Å². The van der Waals surface area contributed by atoms with E-state index in [1.54, 1.807) is 0 Å². The van der Waals surface area contributed by atoms with Crippen molar-refractivity contribution >= 4 is 0 Å². The fraction of sp³-hybridized carbons (Fsp3) is 1.00. The first-order valence-electron chi connectivity index (χ1n) is 4.54. The van der Waals surface area contributed by atoms with Gasteiger partial charge < -0.3 is 0 Å². The lowest BCUT2D eigenvalue weighted by Gasteiger charge is -2.15. The van der Waals surface area contributed by atoms with Gasteiger partial charge in [-0.2, -0.15) is 0 Å². The Balaban J connectivity index is 0.000000217. The average Bonchev–Trinajstić information content (AvgIpc) is 2.08. The maximum absolute atomic E-state index is 3.97. The van der Waals surface area contributed by atoms with Gasteiger partial charge in [0.25, 0.3) is 0 Å². The molecule has 0 aliphatic heterocycles. The van der Waals surface area contributed by atoms with E-state index < -0.39 is 0 Å². The molecule has 0 saturated heterocycles. The molecule has 0 spiro atoms. The topological polar surface area (TPSA) is 27.7 Å². The molecule has 1 rings (SSSR count). The van der Waals surface area contributed by atoms with Crippen LogP contribution in [-0.2, 0) is 14.8 Å². The highest BCUT2D eigenvalue weighted by atomic mass is 17.5. The van der Waals surface area contributed by atoms with E-state index in [4.69, 9.17) is 0 Å². The SMILES string of the molecule is CC1CCCCC1.COOOC. The zero-order chi connectivity index (χ0) is 9.23. The summed E-state index contributed by atoms with van der Waals surface area (Å²) in [6, 6.07) is 0. The standard InChI is InChI=1S/C7H14.C2H6O3/c1-7-5-3-2-4-6-7;1-3-5-4-2/h7H,2-6H2,1H3;1-2H3. The molecule has 1 aliphatic carbocycles. The Hall–Kier alpha value is -0.120. The molecule has 0 aromatic heterocycles. The van der Waals surface area contributed by atoms with Crippen molar-refractivity contribution in [2.24, 2.45) is 5.92 Å². The van der Waals surface area contributed by atoms with Gasteiger partial charge in [-0.3, -0.25) is 0 Å². The van der Waals surface area contributed by atoms with E-state index in [2.05, 4.69) is 21.7 Å². The second-order valence-electron chi connectivity index (χ2n) is 3.14. The monoisotopic (exact) mass is 176 g/mol. The summed E-state index contributed by atoms with van der Waals surface area (Å²) in [7, 11) is 2.73. The number of hydrogen-bond donors (Lipinski definition) is 0. The Morgan fingerprint density at radius 3 is 1.58 bits per heavy atom.